The number of unbranched alkanes of at least 4 members (excludes halogenated alkanes) is 4. The monoisotopic (exact) mass is 414 g/mol. The lowest BCUT2D eigenvalue weighted by atomic mass is 9.99. The molecule has 3 nitrogen and oxygen atoms in total. The minimum atomic E-state index is 0.0374. The molecule has 160 valence electrons. The van der Waals surface area contributed by atoms with Gasteiger partial charge in [0.25, 0.3) is 0 Å². The number of ether oxygens (including phenoxy) is 1. The molecule has 0 saturated heterocycles. The molecule has 0 spiro atoms. The molecule has 0 bridgehead atoms. The molecular formula is C28H30O3. The molecule has 3 aromatic carbocycles. The van der Waals surface area contributed by atoms with Gasteiger partial charge in [-0.3, -0.25) is 9.59 Å². The Labute approximate surface area is 185 Å². The second-order valence-electron chi connectivity index (χ2n) is 7.82. The van der Waals surface area contributed by atoms with Crippen molar-refractivity contribution in [3.05, 3.63) is 101 Å². The van der Waals surface area contributed by atoms with Gasteiger partial charge < -0.3 is 4.74 Å². The van der Waals surface area contributed by atoms with Crippen LogP contribution in [0.5, 0.6) is 5.75 Å². The van der Waals surface area contributed by atoms with Gasteiger partial charge >= 0.3 is 0 Å². The Morgan fingerprint density at radius 3 is 2.06 bits per heavy atom. The molecule has 0 atom stereocenters. The largest absolute Gasteiger partial charge is 0.494 e. The summed E-state index contributed by atoms with van der Waals surface area (Å²) in [6.45, 7) is 2.61. The maximum absolute atomic E-state index is 12.6. The van der Waals surface area contributed by atoms with Crippen LogP contribution in [0.1, 0.15) is 70.4 Å². The summed E-state index contributed by atoms with van der Waals surface area (Å²) < 4.78 is 5.81. The molecule has 0 aliphatic rings. The van der Waals surface area contributed by atoms with Gasteiger partial charge in [-0.2, -0.15) is 0 Å². The van der Waals surface area contributed by atoms with E-state index in [9.17, 15) is 9.59 Å². The summed E-state index contributed by atoms with van der Waals surface area (Å²) >= 11 is 0. The van der Waals surface area contributed by atoms with Crippen molar-refractivity contribution in [3.63, 3.8) is 0 Å². The van der Waals surface area contributed by atoms with Crippen LogP contribution in [0.2, 0.25) is 0 Å². The average Bonchev–Trinajstić information content (AvgIpc) is 2.81. The van der Waals surface area contributed by atoms with Gasteiger partial charge in [0.2, 0.25) is 0 Å². The van der Waals surface area contributed by atoms with Crippen molar-refractivity contribution >= 4 is 11.6 Å². The van der Waals surface area contributed by atoms with Crippen LogP contribution in [0.3, 0.4) is 0 Å². The number of rotatable bonds is 12. The van der Waals surface area contributed by atoms with Crippen molar-refractivity contribution in [1.82, 2.24) is 0 Å². The molecule has 3 rings (SSSR count). The van der Waals surface area contributed by atoms with E-state index in [4.69, 9.17) is 4.74 Å². The Morgan fingerprint density at radius 2 is 1.32 bits per heavy atom. The van der Waals surface area contributed by atoms with Gasteiger partial charge in [-0.1, -0.05) is 73.9 Å². The van der Waals surface area contributed by atoms with Crippen LogP contribution in [0, 0.1) is 6.92 Å². The summed E-state index contributed by atoms with van der Waals surface area (Å²) in [7, 11) is 0. The number of ketones is 2. The van der Waals surface area contributed by atoms with Crippen LogP contribution < -0.4 is 4.74 Å². The van der Waals surface area contributed by atoms with Gasteiger partial charge in [0.15, 0.2) is 11.6 Å². The Hall–Kier alpha value is -3.20. The fourth-order valence-corrected chi connectivity index (χ4v) is 3.56. The van der Waals surface area contributed by atoms with E-state index >= 15 is 0 Å². The van der Waals surface area contributed by atoms with Gasteiger partial charge in [0.1, 0.15) is 5.75 Å². The summed E-state index contributed by atoms with van der Waals surface area (Å²) in [5, 5.41) is 0. The summed E-state index contributed by atoms with van der Waals surface area (Å²) in [5.41, 5.74) is 3.20. The van der Waals surface area contributed by atoms with Gasteiger partial charge in [-0.05, 0) is 49.6 Å². The minimum absolute atomic E-state index is 0.0374. The minimum Gasteiger partial charge on any atom is -0.494 e. The zero-order valence-electron chi connectivity index (χ0n) is 18.2. The van der Waals surface area contributed by atoms with E-state index in [-0.39, 0.29) is 11.6 Å². The van der Waals surface area contributed by atoms with E-state index in [0.29, 0.717) is 18.6 Å². The standard InChI is InChI=1S/C28H30O3/c1-22-12-9-10-15-26(22)28(30)24-17-19-25(20-18-24)31-21-11-4-2-3-8-16-27(29)23-13-6-5-7-14-23/h5-7,9-10,12-15,17-20H,2-4,8,11,16,21H2,1H3. The van der Waals surface area contributed by atoms with Crippen LogP contribution >= 0.6 is 0 Å². The highest BCUT2D eigenvalue weighted by atomic mass is 16.5. The highest BCUT2D eigenvalue weighted by Crippen LogP contribution is 2.18. The van der Waals surface area contributed by atoms with Gasteiger partial charge in [0.05, 0.1) is 6.61 Å². The first-order valence-corrected chi connectivity index (χ1v) is 11.1. The molecule has 3 heteroatoms. The molecule has 31 heavy (non-hydrogen) atoms. The lowest BCUT2D eigenvalue weighted by Crippen LogP contribution is -2.04. The Balaban J connectivity index is 1.30. The fourth-order valence-electron chi connectivity index (χ4n) is 3.56. The molecular weight excluding hydrogens is 384 g/mol. The van der Waals surface area contributed by atoms with Crippen LogP contribution in [-0.4, -0.2) is 18.2 Å². The third-order valence-electron chi connectivity index (χ3n) is 5.42. The average molecular weight is 415 g/mol. The quantitative estimate of drug-likeness (QED) is 0.241. The molecule has 0 unspecified atom stereocenters. The Morgan fingerprint density at radius 1 is 0.677 bits per heavy atom. The summed E-state index contributed by atoms with van der Waals surface area (Å²) in [6.07, 6.45) is 5.79. The smallest absolute Gasteiger partial charge is 0.193 e. The molecule has 0 aliphatic carbocycles. The lowest BCUT2D eigenvalue weighted by Gasteiger charge is -2.08. The predicted octanol–water partition coefficient (Wildman–Crippen LogP) is 6.83. The first-order chi connectivity index (χ1) is 15.1. The van der Waals surface area contributed by atoms with Crippen molar-refractivity contribution in [2.24, 2.45) is 0 Å². The number of hydrogen-bond acceptors (Lipinski definition) is 3. The molecule has 3 aromatic rings. The maximum Gasteiger partial charge on any atom is 0.193 e. The van der Waals surface area contributed by atoms with E-state index in [1.807, 2.05) is 85.8 Å². The number of benzene rings is 3. The highest BCUT2D eigenvalue weighted by Gasteiger charge is 2.11. The molecule has 0 aliphatic heterocycles. The number of Topliss-reactive ketones (excluding diaryl/α,β-unsaturated/α-hetero) is 1. The molecule has 0 N–H and O–H groups in total. The summed E-state index contributed by atoms with van der Waals surface area (Å²) in [4.78, 5) is 24.7. The van der Waals surface area contributed by atoms with E-state index in [1.165, 1.54) is 0 Å². The lowest BCUT2D eigenvalue weighted by molar-refractivity contribution is 0.0978. The number of aryl methyl sites for hydroxylation is 1. The number of carbonyl (C=O) groups excluding carboxylic acids is 2. The Bertz CT molecular complexity index is 975. The topological polar surface area (TPSA) is 43.4 Å². The van der Waals surface area contributed by atoms with E-state index in [2.05, 4.69) is 0 Å². The number of carbonyl (C=O) groups is 2. The first-order valence-electron chi connectivity index (χ1n) is 11.1. The van der Waals surface area contributed by atoms with Crippen LogP contribution in [0.4, 0.5) is 0 Å². The highest BCUT2D eigenvalue weighted by molar-refractivity contribution is 6.09. The van der Waals surface area contributed by atoms with Crippen molar-refractivity contribution in [2.45, 2.75) is 45.4 Å². The van der Waals surface area contributed by atoms with E-state index in [1.54, 1.807) is 0 Å². The third-order valence-corrected chi connectivity index (χ3v) is 5.42. The van der Waals surface area contributed by atoms with E-state index in [0.717, 1.165) is 54.5 Å². The van der Waals surface area contributed by atoms with Crippen molar-refractivity contribution in [1.29, 1.82) is 0 Å². The van der Waals surface area contributed by atoms with Crippen molar-refractivity contribution < 1.29 is 14.3 Å². The zero-order valence-corrected chi connectivity index (χ0v) is 18.2. The maximum atomic E-state index is 12.6. The molecule has 0 radical (unpaired) electrons. The van der Waals surface area contributed by atoms with Crippen LogP contribution in [0.15, 0.2) is 78.9 Å². The Kier molecular flexibility index (Phi) is 8.59. The molecule has 0 amide bonds. The zero-order chi connectivity index (χ0) is 21.9. The van der Waals surface area contributed by atoms with Gasteiger partial charge in [-0.15, -0.1) is 0 Å². The van der Waals surface area contributed by atoms with Crippen molar-refractivity contribution in [2.75, 3.05) is 6.61 Å². The molecule has 0 fully saturated rings. The first kappa shape index (κ1) is 22.5. The molecule has 0 saturated carbocycles. The van der Waals surface area contributed by atoms with Crippen molar-refractivity contribution in [3.8, 4) is 5.75 Å². The number of hydrogen-bond donors (Lipinski definition) is 0. The van der Waals surface area contributed by atoms with E-state index < -0.39 is 0 Å². The SMILES string of the molecule is Cc1ccccc1C(=O)c1ccc(OCCCCCCCC(=O)c2ccccc2)cc1. The molecule has 0 aromatic heterocycles. The summed E-state index contributed by atoms with van der Waals surface area (Å²) in [5.74, 6) is 1.05. The predicted molar refractivity (Wildman–Crippen MR) is 125 cm³/mol. The molecule has 0 heterocycles. The normalized spacial score (nSPS) is 10.6. The van der Waals surface area contributed by atoms with Gasteiger partial charge in [0, 0.05) is 23.1 Å². The second-order valence-corrected chi connectivity index (χ2v) is 7.82. The van der Waals surface area contributed by atoms with Crippen LogP contribution in [-0.2, 0) is 0 Å². The third kappa shape index (κ3) is 6.92. The second kappa shape index (κ2) is 11.8. The van der Waals surface area contributed by atoms with Crippen LogP contribution in [0.25, 0.3) is 0 Å². The fraction of sp³-hybridized carbons (Fsp3) is 0.286. The van der Waals surface area contributed by atoms with Gasteiger partial charge in [-0.25, -0.2) is 0 Å². The summed E-state index contributed by atoms with van der Waals surface area (Å²) in [6, 6.07) is 24.5.